The zero-order chi connectivity index (χ0) is 14.4. The van der Waals surface area contributed by atoms with Crippen molar-refractivity contribution in [2.45, 2.75) is 19.3 Å². The fourth-order valence-electron chi connectivity index (χ4n) is 1.42. The van der Waals surface area contributed by atoms with Crippen LogP contribution in [0.4, 0.5) is 0 Å². The molecular weight excluding hydrogens is 260 g/mol. The van der Waals surface area contributed by atoms with E-state index in [1.807, 2.05) is 44.2 Å². The van der Waals surface area contributed by atoms with Crippen LogP contribution in [0.25, 0.3) is 0 Å². The highest BCUT2D eigenvalue weighted by atomic mass is 32.2. The van der Waals surface area contributed by atoms with Crippen molar-refractivity contribution >= 4 is 10.1 Å². The quantitative estimate of drug-likeness (QED) is 0.628. The highest BCUT2D eigenvalue weighted by Gasteiger charge is 2.16. The van der Waals surface area contributed by atoms with Gasteiger partial charge in [-0.15, -0.1) is 0 Å². The summed E-state index contributed by atoms with van der Waals surface area (Å²) in [6.45, 7) is 4.09. The number of hydrogen-bond acceptors (Lipinski definition) is 3. The van der Waals surface area contributed by atoms with Crippen molar-refractivity contribution in [2.24, 2.45) is 0 Å². The third kappa shape index (κ3) is 6.23. The number of benzene rings is 1. The van der Waals surface area contributed by atoms with Gasteiger partial charge in [0.2, 0.25) is 0 Å². The Labute approximate surface area is 115 Å². The summed E-state index contributed by atoms with van der Waals surface area (Å²) in [4.78, 5) is 0. The smallest absolute Gasteiger partial charge is 0.264 e. The van der Waals surface area contributed by atoms with Crippen LogP contribution in [-0.4, -0.2) is 21.3 Å². The minimum Gasteiger partial charge on any atom is -0.266 e. The lowest BCUT2D eigenvalue weighted by Gasteiger charge is -2.17. The Bertz CT molecular complexity index is 587. The molecule has 0 spiro atoms. The van der Waals surface area contributed by atoms with E-state index in [0.29, 0.717) is 0 Å². The van der Waals surface area contributed by atoms with Crippen molar-refractivity contribution in [1.82, 2.24) is 0 Å². The Hall–Kier alpha value is -1.57. The summed E-state index contributed by atoms with van der Waals surface area (Å²) in [6, 6.07) is 9.99. The van der Waals surface area contributed by atoms with Gasteiger partial charge in [-0.2, -0.15) is 8.42 Å². The molecule has 0 amide bonds. The van der Waals surface area contributed by atoms with E-state index in [4.69, 9.17) is 0 Å². The van der Waals surface area contributed by atoms with E-state index in [1.165, 1.54) is 0 Å². The zero-order valence-electron chi connectivity index (χ0n) is 11.4. The van der Waals surface area contributed by atoms with Crippen LogP contribution in [-0.2, 0) is 19.7 Å². The zero-order valence-corrected chi connectivity index (χ0v) is 12.2. The Morgan fingerprint density at radius 2 is 1.89 bits per heavy atom. The molecule has 0 unspecified atom stereocenters. The topological polar surface area (TPSA) is 43.4 Å². The van der Waals surface area contributed by atoms with Crippen LogP contribution in [0.2, 0.25) is 0 Å². The monoisotopic (exact) mass is 278 g/mol. The van der Waals surface area contributed by atoms with Crippen molar-refractivity contribution in [3.05, 3.63) is 48.0 Å². The summed E-state index contributed by atoms with van der Waals surface area (Å²) in [7, 11) is -3.38. The third-order valence-electron chi connectivity index (χ3n) is 2.46. The fourth-order valence-corrected chi connectivity index (χ4v) is 1.74. The van der Waals surface area contributed by atoms with E-state index in [-0.39, 0.29) is 12.0 Å². The van der Waals surface area contributed by atoms with Crippen LogP contribution in [0.1, 0.15) is 19.4 Å². The fraction of sp³-hybridized carbons (Fsp3) is 0.333. The van der Waals surface area contributed by atoms with Crippen LogP contribution < -0.4 is 0 Å². The Morgan fingerprint density at radius 1 is 1.26 bits per heavy atom. The van der Waals surface area contributed by atoms with E-state index in [1.54, 1.807) is 12.2 Å². The molecule has 0 aliphatic heterocycles. The van der Waals surface area contributed by atoms with Crippen LogP contribution in [0.15, 0.2) is 42.5 Å². The minimum absolute atomic E-state index is 0.0132. The standard InChI is InChI=1S/C15H18O3S/c1-15(2,14-10-6-4-7-11-14)12-8-5-9-13-18-19(3,16)17/h4-7,9-11H,13H2,1-3H3/b9-5+. The molecule has 102 valence electrons. The van der Waals surface area contributed by atoms with Gasteiger partial charge >= 0.3 is 0 Å². The van der Waals surface area contributed by atoms with E-state index >= 15 is 0 Å². The maximum atomic E-state index is 10.7. The Balaban J connectivity index is 2.60. The van der Waals surface area contributed by atoms with Crippen LogP contribution in [0, 0.1) is 11.8 Å². The SMILES string of the molecule is CC(C)(C#C/C=C/COS(C)(=O)=O)c1ccccc1. The summed E-state index contributed by atoms with van der Waals surface area (Å²) in [5, 5.41) is 0. The predicted molar refractivity (Wildman–Crippen MR) is 77.2 cm³/mol. The van der Waals surface area contributed by atoms with E-state index in [0.717, 1.165) is 11.8 Å². The summed E-state index contributed by atoms with van der Waals surface area (Å²) in [5.41, 5.74) is 0.895. The van der Waals surface area contributed by atoms with Gasteiger partial charge in [-0.25, -0.2) is 0 Å². The molecule has 3 nitrogen and oxygen atoms in total. The first-order valence-electron chi connectivity index (χ1n) is 5.89. The lowest BCUT2D eigenvalue weighted by atomic mass is 9.85. The molecule has 19 heavy (non-hydrogen) atoms. The summed E-state index contributed by atoms with van der Waals surface area (Å²) >= 11 is 0. The lowest BCUT2D eigenvalue weighted by Crippen LogP contribution is -2.13. The molecule has 0 aromatic heterocycles. The lowest BCUT2D eigenvalue weighted by molar-refractivity contribution is 0.361. The average Bonchev–Trinajstić information content (AvgIpc) is 2.33. The van der Waals surface area contributed by atoms with Gasteiger partial charge in [0.25, 0.3) is 10.1 Å². The summed E-state index contributed by atoms with van der Waals surface area (Å²) in [5.74, 6) is 6.04. The maximum Gasteiger partial charge on any atom is 0.264 e. The molecular formula is C15H18O3S. The van der Waals surface area contributed by atoms with Gasteiger partial charge in [0.1, 0.15) is 0 Å². The molecule has 0 fully saturated rings. The second-order valence-corrected chi connectivity index (χ2v) is 6.30. The van der Waals surface area contributed by atoms with Gasteiger partial charge < -0.3 is 0 Å². The molecule has 0 aliphatic carbocycles. The molecule has 0 saturated carbocycles. The third-order valence-corrected chi connectivity index (χ3v) is 3.02. The number of hydrogen-bond donors (Lipinski definition) is 0. The average molecular weight is 278 g/mol. The Morgan fingerprint density at radius 3 is 2.47 bits per heavy atom. The molecule has 0 N–H and O–H groups in total. The van der Waals surface area contributed by atoms with Crippen molar-refractivity contribution in [1.29, 1.82) is 0 Å². The van der Waals surface area contributed by atoms with Crippen LogP contribution in [0.3, 0.4) is 0 Å². The van der Waals surface area contributed by atoms with Gasteiger partial charge in [-0.05, 0) is 31.6 Å². The van der Waals surface area contributed by atoms with Crippen molar-refractivity contribution in [3.63, 3.8) is 0 Å². The minimum atomic E-state index is -3.38. The van der Waals surface area contributed by atoms with E-state index in [2.05, 4.69) is 16.0 Å². The molecule has 0 radical (unpaired) electrons. The first kappa shape index (κ1) is 15.5. The predicted octanol–water partition coefficient (Wildman–Crippen LogP) is 2.50. The van der Waals surface area contributed by atoms with E-state index in [9.17, 15) is 8.42 Å². The van der Waals surface area contributed by atoms with Crippen LogP contribution >= 0.6 is 0 Å². The van der Waals surface area contributed by atoms with Crippen LogP contribution in [0.5, 0.6) is 0 Å². The number of rotatable bonds is 4. The van der Waals surface area contributed by atoms with Gasteiger partial charge in [-0.3, -0.25) is 4.18 Å². The van der Waals surface area contributed by atoms with E-state index < -0.39 is 10.1 Å². The molecule has 0 atom stereocenters. The number of allylic oxidation sites excluding steroid dienone is 1. The highest BCUT2D eigenvalue weighted by molar-refractivity contribution is 7.85. The highest BCUT2D eigenvalue weighted by Crippen LogP contribution is 2.21. The summed E-state index contributed by atoms with van der Waals surface area (Å²) in [6.07, 6.45) is 4.20. The van der Waals surface area contributed by atoms with Gasteiger partial charge in [-0.1, -0.05) is 42.2 Å². The largest absolute Gasteiger partial charge is 0.266 e. The van der Waals surface area contributed by atoms with Crippen molar-refractivity contribution in [2.75, 3.05) is 12.9 Å². The first-order valence-corrected chi connectivity index (χ1v) is 7.70. The Kier molecular flexibility index (Phi) is 5.34. The van der Waals surface area contributed by atoms with Gasteiger partial charge in [0, 0.05) is 0 Å². The molecule has 1 aromatic carbocycles. The summed E-state index contributed by atoms with van der Waals surface area (Å²) < 4.78 is 26.0. The van der Waals surface area contributed by atoms with Gasteiger partial charge in [0.05, 0.1) is 18.3 Å². The second kappa shape index (κ2) is 6.55. The van der Waals surface area contributed by atoms with Crippen molar-refractivity contribution < 1.29 is 12.6 Å². The molecule has 0 bridgehead atoms. The normalized spacial score (nSPS) is 12.2. The second-order valence-electron chi connectivity index (χ2n) is 4.65. The molecule has 1 rings (SSSR count). The van der Waals surface area contributed by atoms with Crippen molar-refractivity contribution in [3.8, 4) is 11.8 Å². The first-order chi connectivity index (χ1) is 8.81. The molecule has 0 aliphatic rings. The van der Waals surface area contributed by atoms with Gasteiger partial charge in [0.15, 0.2) is 0 Å². The maximum absolute atomic E-state index is 10.7. The molecule has 4 heteroatoms. The molecule has 1 aromatic rings. The molecule has 0 saturated heterocycles. The molecule has 0 heterocycles.